The molecular formula is C16H28O3. The summed E-state index contributed by atoms with van der Waals surface area (Å²) >= 11 is 0. The fourth-order valence-corrected chi connectivity index (χ4v) is 4.59. The maximum Gasteiger partial charge on any atom is 0.176 e. The number of hydrogen-bond acceptors (Lipinski definition) is 3. The zero-order valence-corrected chi connectivity index (χ0v) is 12.8. The van der Waals surface area contributed by atoms with E-state index in [4.69, 9.17) is 14.2 Å². The topological polar surface area (TPSA) is 27.7 Å². The van der Waals surface area contributed by atoms with Crippen LogP contribution in [-0.4, -0.2) is 31.2 Å². The monoisotopic (exact) mass is 268 g/mol. The van der Waals surface area contributed by atoms with E-state index < -0.39 is 5.79 Å². The second-order valence-corrected chi connectivity index (χ2v) is 7.41. The molecule has 0 radical (unpaired) electrons. The van der Waals surface area contributed by atoms with Crippen LogP contribution in [0.1, 0.15) is 59.8 Å². The Morgan fingerprint density at radius 2 is 1.68 bits per heavy atom. The minimum atomic E-state index is -0.410. The van der Waals surface area contributed by atoms with Crippen LogP contribution in [0.25, 0.3) is 0 Å². The van der Waals surface area contributed by atoms with Crippen LogP contribution in [0.3, 0.4) is 0 Å². The lowest BCUT2D eigenvalue weighted by molar-refractivity contribution is -0.321. The molecule has 2 saturated heterocycles. The van der Waals surface area contributed by atoms with Crippen LogP contribution in [0.15, 0.2) is 0 Å². The Morgan fingerprint density at radius 3 is 2.32 bits per heavy atom. The zero-order chi connectivity index (χ0) is 13.7. The lowest BCUT2D eigenvalue weighted by atomic mass is 9.56. The van der Waals surface area contributed by atoms with Gasteiger partial charge in [-0.05, 0) is 31.1 Å². The van der Waals surface area contributed by atoms with Crippen molar-refractivity contribution in [3.63, 3.8) is 0 Å². The number of hydrogen-bond donors (Lipinski definition) is 0. The van der Waals surface area contributed by atoms with Gasteiger partial charge in [0.25, 0.3) is 0 Å². The van der Waals surface area contributed by atoms with Crippen molar-refractivity contribution in [3.05, 3.63) is 0 Å². The highest BCUT2D eigenvalue weighted by atomic mass is 16.7. The number of ether oxygens (including phenoxy) is 3. The number of fused-ring (bicyclic) bond motifs is 1. The van der Waals surface area contributed by atoms with Gasteiger partial charge < -0.3 is 14.2 Å². The quantitative estimate of drug-likeness (QED) is 0.728. The molecule has 2 aliphatic heterocycles. The third-order valence-electron chi connectivity index (χ3n) is 5.87. The summed E-state index contributed by atoms with van der Waals surface area (Å²) in [7, 11) is 0. The van der Waals surface area contributed by atoms with Gasteiger partial charge in [0.05, 0.1) is 25.4 Å². The summed E-state index contributed by atoms with van der Waals surface area (Å²) in [6, 6.07) is 0. The average molecular weight is 268 g/mol. The highest BCUT2D eigenvalue weighted by molar-refractivity contribution is 5.08. The van der Waals surface area contributed by atoms with Gasteiger partial charge in [-0.3, -0.25) is 0 Å². The van der Waals surface area contributed by atoms with Gasteiger partial charge >= 0.3 is 0 Å². The summed E-state index contributed by atoms with van der Waals surface area (Å²) in [5.74, 6) is -0.410. The lowest BCUT2D eigenvalue weighted by Crippen LogP contribution is -2.64. The Balaban J connectivity index is 1.91. The molecule has 0 N–H and O–H groups in total. The van der Waals surface area contributed by atoms with Crippen molar-refractivity contribution in [2.45, 2.75) is 77.8 Å². The number of rotatable bonds is 1. The van der Waals surface area contributed by atoms with E-state index in [1.165, 1.54) is 12.8 Å². The van der Waals surface area contributed by atoms with Gasteiger partial charge in [-0.25, -0.2) is 0 Å². The standard InChI is InChI=1S/C16H28O3/c1-5-12-6-7-15(4)8-9-16(17-10-11-18-16)14(2,3)13(15)19-12/h12-13H,5-11H2,1-4H3/t12-,13-,15-/m0/s1. The first kappa shape index (κ1) is 13.8. The minimum absolute atomic E-state index is 0.0790. The van der Waals surface area contributed by atoms with E-state index in [0.29, 0.717) is 6.10 Å². The second-order valence-electron chi connectivity index (χ2n) is 7.41. The molecule has 0 amide bonds. The van der Waals surface area contributed by atoms with E-state index in [-0.39, 0.29) is 16.9 Å². The van der Waals surface area contributed by atoms with Crippen molar-refractivity contribution in [2.24, 2.45) is 10.8 Å². The summed E-state index contributed by atoms with van der Waals surface area (Å²) in [5.41, 5.74) is 0.208. The summed E-state index contributed by atoms with van der Waals surface area (Å²) in [5, 5.41) is 0. The molecule has 3 atom stereocenters. The van der Waals surface area contributed by atoms with Gasteiger partial charge in [0.15, 0.2) is 5.79 Å². The molecule has 2 heterocycles. The molecule has 3 fully saturated rings. The van der Waals surface area contributed by atoms with Crippen LogP contribution < -0.4 is 0 Å². The van der Waals surface area contributed by atoms with Crippen LogP contribution in [0.5, 0.6) is 0 Å². The highest BCUT2D eigenvalue weighted by Gasteiger charge is 2.63. The van der Waals surface area contributed by atoms with Gasteiger partial charge in [0.1, 0.15) is 0 Å². The fraction of sp³-hybridized carbons (Fsp3) is 1.00. The van der Waals surface area contributed by atoms with Gasteiger partial charge in [0.2, 0.25) is 0 Å². The summed E-state index contributed by atoms with van der Waals surface area (Å²) in [6.07, 6.45) is 6.39. The largest absolute Gasteiger partial charge is 0.374 e. The first-order valence-corrected chi connectivity index (χ1v) is 7.87. The molecule has 3 aliphatic rings. The molecule has 1 saturated carbocycles. The van der Waals surface area contributed by atoms with Gasteiger partial charge in [-0.1, -0.05) is 27.7 Å². The fourth-order valence-electron chi connectivity index (χ4n) is 4.59. The van der Waals surface area contributed by atoms with E-state index >= 15 is 0 Å². The van der Waals surface area contributed by atoms with Crippen LogP contribution in [0.4, 0.5) is 0 Å². The zero-order valence-electron chi connectivity index (χ0n) is 12.8. The second kappa shape index (κ2) is 4.44. The van der Waals surface area contributed by atoms with E-state index in [9.17, 15) is 0 Å². The van der Waals surface area contributed by atoms with E-state index in [1.807, 2.05) is 0 Å². The minimum Gasteiger partial charge on any atom is -0.374 e. The van der Waals surface area contributed by atoms with Crippen molar-refractivity contribution in [3.8, 4) is 0 Å². The van der Waals surface area contributed by atoms with Crippen molar-refractivity contribution in [1.82, 2.24) is 0 Å². The molecule has 110 valence electrons. The summed E-state index contributed by atoms with van der Waals surface area (Å²) in [6.45, 7) is 10.6. The lowest BCUT2D eigenvalue weighted by Gasteiger charge is -2.60. The van der Waals surface area contributed by atoms with Crippen molar-refractivity contribution in [1.29, 1.82) is 0 Å². The van der Waals surface area contributed by atoms with E-state index in [1.54, 1.807) is 0 Å². The SMILES string of the molecule is CC[C@H]1CC[C@@]2(C)CCC3(OCCO3)C(C)(C)[C@@H]2O1. The predicted octanol–water partition coefficient (Wildman–Crippen LogP) is 3.51. The van der Waals surface area contributed by atoms with E-state index in [0.717, 1.165) is 32.5 Å². The first-order chi connectivity index (χ1) is 8.94. The van der Waals surface area contributed by atoms with E-state index in [2.05, 4.69) is 27.7 Å². The molecular weight excluding hydrogens is 240 g/mol. The molecule has 1 aliphatic carbocycles. The molecule has 0 bridgehead atoms. The smallest absolute Gasteiger partial charge is 0.176 e. The molecule has 3 heteroatoms. The Morgan fingerprint density at radius 1 is 1.00 bits per heavy atom. The Bertz CT molecular complexity index is 346. The highest BCUT2D eigenvalue weighted by Crippen LogP contribution is 2.59. The maximum atomic E-state index is 6.48. The molecule has 0 aromatic carbocycles. The van der Waals surface area contributed by atoms with Crippen LogP contribution in [0.2, 0.25) is 0 Å². The average Bonchev–Trinajstić information content (AvgIpc) is 2.86. The molecule has 0 aromatic heterocycles. The van der Waals surface area contributed by atoms with Crippen molar-refractivity contribution < 1.29 is 14.2 Å². The van der Waals surface area contributed by atoms with Gasteiger partial charge in [-0.15, -0.1) is 0 Å². The van der Waals surface area contributed by atoms with Gasteiger partial charge in [-0.2, -0.15) is 0 Å². The third-order valence-corrected chi connectivity index (χ3v) is 5.87. The van der Waals surface area contributed by atoms with Crippen molar-refractivity contribution in [2.75, 3.05) is 13.2 Å². The Hall–Kier alpha value is -0.120. The summed E-state index contributed by atoms with van der Waals surface area (Å²) < 4.78 is 18.6. The van der Waals surface area contributed by atoms with Crippen molar-refractivity contribution >= 4 is 0 Å². The van der Waals surface area contributed by atoms with Gasteiger partial charge in [0, 0.05) is 11.8 Å². The Labute approximate surface area is 117 Å². The molecule has 3 nitrogen and oxygen atoms in total. The normalized spacial score (nSPS) is 44.2. The molecule has 3 rings (SSSR count). The molecule has 0 aromatic rings. The maximum absolute atomic E-state index is 6.48. The molecule has 1 spiro atoms. The van der Waals surface area contributed by atoms with Crippen LogP contribution in [0, 0.1) is 10.8 Å². The predicted molar refractivity (Wildman–Crippen MR) is 73.9 cm³/mol. The third kappa shape index (κ3) is 1.89. The first-order valence-electron chi connectivity index (χ1n) is 7.87. The van der Waals surface area contributed by atoms with Crippen LogP contribution in [-0.2, 0) is 14.2 Å². The summed E-state index contributed by atoms with van der Waals surface area (Å²) in [4.78, 5) is 0. The Kier molecular flexibility index (Phi) is 3.23. The molecule has 19 heavy (non-hydrogen) atoms. The van der Waals surface area contributed by atoms with Crippen LogP contribution >= 0.6 is 0 Å². The molecule has 0 unspecified atom stereocenters.